The molecule has 1 saturated carbocycles. The number of rotatable bonds is 2. The van der Waals surface area contributed by atoms with E-state index >= 15 is 0 Å². The van der Waals surface area contributed by atoms with E-state index in [9.17, 15) is 9.59 Å². The molecular weight excluding hydrogens is 266 g/mol. The lowest BCUT2D eigenvalue weighted by Crippen LogP contribution is -2.27. The molecule has 4 nitrogen and oxygen atoms in total. The van der Waals surface area contributed by atoms with Crippen molar-refractivity contribution in [2.24, 2.45) is 0 Å². The van der Waals surface area contributed by atoms with Crippen molar-refractivity contribution in [2.45, 2.75) is 58.0 Å². The second-order valence-corrected chi connectivity index (χ2v) is 6.58. The second-order valence-electron chi connectivity index (χ2n) is 6.58. The lowest BCUT2D eigenvalue weighted by Gasteiger charge is -2.22. The maximum atomic E-state index is 11.7. The van der Waals surface area contributed by atoms with Gasteiger partial charge in [0.2, 0.25) is 0 Å². The number of ether oxygens (including phenoxy) is 1. The highest BCUT2D eigenvalue weighted by Crippen LogP contribution is 2.31. The molecule has 2 rings (SSSR count). The van der Waals surface area contributed by atoms with E-state index < -0.39 is 11.7 Å². The molecule has 1 aliphatic carbocycles. The summed E-state index contributed by atoms with van der Waals surface area (Å²) in [6.45, 7) is 5.49. The summed E-state index contributed by atoms with van der Waals surface area (Å²) in [5.74, 6) is 0.670. The summed E-state index contributed by atoms with van der Waals surface area (Å²) in [4.78, 5) is 23.2. The summed E-state index contributed by atoms with van der Waals surface area (Å²) >= 11 is 0. The summed E-state index contributed by atoms with van der Waals surface area (Å²) in [7, 11) is 0. The molecule has 0 saturated heterocycles. The number of anilines is 1. The summed E-state index contributed by atoms with van der Waals surface area (Å²) in [5, 5.41) is 2.71. The maximum absolute atomic E-state index is 11.7. The van der Waals surface area contributed by atoms with Crippen LogP contribution in [0.4, 0.5) is 10.5 Å². The van der Waals surface area contributed by atoms with Crippen LogP contribution in [-0.4, -0.2) is 17.5 Å². The van der Waals surface area contributed by atoms with Crippen LogP contribution in [0.2, 0.25) is 0 Å². The lowest BCUT2D eigenvalue weighted by molar-refractivity contribution is -0.120. The van der Waals surface area contributed by atoms with Crippen molar-refractivity contribution in [2.75, 3.05) is 5.32 Å². The van der Waals surface area contributed by atoms with Gasteiger partial charge in [-0.05, 0) is 57.2 Å². The summed E-state index contributed by atoms with van der Waals surface area (Å²) in [6.07, 6.45) is 2.93. The molecule has 1 aliphatic rings. The van der Waals surface area contributed by atoms with E-state index in [0.717, 1.165) is 24.8 Å². The molecule has 0 radical (unpaired) electrons. The standard InChI is InChI=1S/C17H23NO3/c1-17(2,3)21-16(20)18-14-9-7-12(8-10-14)13-5-4-6-15(19)11-13/h7-10,13H,4-6,11H2,1-3H3,(H,18,20). The molecule has 1 N–H and O–H groups in total. The van der Waals surface area contributed by atoms with Gasteiger partial charge in [-0.1, -0.05) is 12.1 Å². The number of hydrogen-bond acceptors (Lipinski definition) is 3. The third-order valence-corrected chi connectivity index (χ3v) is 3.51. The zero-order valence-electron chi connectivity index (χ0n) is 12.9. The molecule has 1 fully saturated rings. The van der Waals surface area contributed by atoms with Crippen LogP contribution in [-0.2, 0) is 9.53 Å². The highest BCUT2D eigenvalue weighted by molar-refractivity contribution is 5.85. The molecule has 0 bridgehead atoms. The van der Waals surface area contributed by atoms with Crippen molar-refractivity contribution in [3.63, 3.8) is 0 Å². The molecule has 0 spiro atoms. The van der Waals surface area contributed by atoms with Gasteiger partial charge in [0.25, 0.3) is 0 Å². The lowest BCUT2D eigenvalue weighted by atomic mass is 9.83. The van der Waals surface area contributed by atoms with E-state index in [1.165, 1.54) is 0 Å². The topological polar surface area (TPSA) is 55.4 Å². The third kappa shape index (κ3) is 4.88. The third-order valence-electron chi connectivity index (χ3n) is 3.51. The van der Waals surface area contributed by atoms with Crippen molar-refractivity contribution in [3.8, 4) is 0 Å². The molecule has 0 aliphatic heterocycles. The minimum absolute atomic E-state index is 0.321. The number of benzene rings is 1. The van der Waals surface area contributed by atoms with Gasteiger partial charge in [0.15, 0.2) is 0 Å². The Morgan fingerprint density at radius 1 is 1.24 bits per heavy atom. The van der Waals surface area contributed by atoms with E-state index in [0.29, 0.717) is 23.8 Å². The quantitative estimate of drug-likeness (QED) is 0.885. The van der Waals surface area contributed by atoms with Crippen LogP contribution in [0.15, 0.2) is 24.3 Å². The van der Waals surface area contributed by atoms with E-state index in [4.69, 9.17) is 4.74 Å². The molecule has 0 aromatic heterocycles. The average Bonchev–Trinajstić information content (AvgIpc) is 2.37. The van der Waals surface area contributed by atoms with Gasteiger partial charge in [0.1, 0.15) is 11.4 Å². The van der Waals surface area contributed by atoms with Crippen molar-refractivity contribution < 1.29 is 14.3 Å². The highest BCUT2D eigenvalue weighted by atomic mass is 16.6. The minimum atomic E-state index is -0.507. The first-order valence-corrected chi connectivity index (χ1v) is 7.45. The van der Waals surface area contributed by atoms with Crippen molar-refractivity contribution in [1.29, 1.82) is 0 Å². The zero-order valence-corrected chi connectivity index (χ0v) is 12.9. The Morgan fingerprint density at radius 3 is 2.48 bits per heavy atom. The Morgan fingerprint density at radius 2 is 1.90 bits per heavy atom. The van der Waals surface area contributed by atoms with Gasteiger partial charge in [-0.3, -0.25) is 10.1 Å². The van der Waals surface area contributed by atoms with Crippen molar-refractivity contribution in [3.05, 3.63) is 29.8 Å². The van der Waals surface area contributed by atoms with Crippen LogP contribution in [0.25, 0.3) is 0 Å². The molecule has 1 amide bonds. The SMILES string of the molecule is CC(C)(C)OC(=O)Nc1ccc(C2CCCC(=O)C2)cc1. The van der Waals surface area contributed by atoms with Gasteiger partial charge < -0.3 is 4.74 Å². The number of ketones is 1. The van der Waals surface area contributed by atoms with Crippen molar-refractivity contribution >= 4 is 17.6 Å². The fraction of sp³-hybridized carbons (Fsp3) is 0.529. The zero-order chi connectivity index (χ0) is 15.5. The second kappa shape index (κ2) is 6.29. The Labute approximate surface area is 125 Å². The Hall–Kier alpha value is -1.84. The van der Waals surface area contributed by atoms with Crippen LogP contribution in [0, 0.1) is 0 Å². The van der Waals surface area contributed by atoms with Gasteiger partial charge in [-0.15, -0.1) is 0 Å². The summed E-state index contributed by atoms with van der Waals surface area (Å²) in [6, 6.07) is 7.68. The van der Waals surface area contributed by atoms with Crippen LogP contribution >= 0.6 is 0 Å². The first-order valence-electron chi connectivity index (χ1n) is 7.45. The molecule has 1 unspecified atom stereocenters. The summed E-state index contributed by atoms with van der Waals surface area (Å²) in [5.41, 5.74) is 1.36. The fourth-order valence-electron chi connectivity index (χ4n) is 2.57. The molecule has 1 aromatic carbocycles. The van der Waals surface area contributed by atoms with Gasteiger partial charge in [-0.2, -0.15) is 0 Å². The van der Waals surface area contributed by atoms with E-state index in [1.807, 2.05) is 45.0 Å². The number of Topliss-reactive ketones (excluding diaryl/α,β-unsaturated/α-hetero) is 1. The Bertz CT molecular complexity index is 514. The van der Waals surface area contributed by atoms with Gasteiger partial charge in [-0.25, -0.2) is 4.79 Å². The molecule has 0 heterocycles. The van der Waals surface area contributed by atoms with Gasteiger partial charge >= 0.3 is 6.09 Å². The Kier molecular flexibility index (Phi) is 4.66. The van der Waals surface area contributed by atoms with Crippen LogP contribution < -0.4 is 5.32 Å². The molecule has 4 heteroatoms. The van der Waals surface area contributed by atoms with E-state index in [1.54, 1.807) is 0 Å². The van der Waals surface area contributed by atoms with Crippen LogP contribution in [0.1, 0.15) is 57.9 Å². The number of carbonyl (C=O) groups excluding carboxylic acids is 2. The Balaban J connectivity index is 1.95. The molecular formula is C17H23NO3. The fourth-order valence-corrected chi connectivity index (χ4v) is 2.57. The van der Waals surface area contributed by atoms with Crippen molar-refractivity contribution in [1.82, 2.24) is 0 Å². The average molecular weight is 289 g/mol. The number of nitrogens with one attached hydrogen (secondary N) is 1. The number of hydrogen-bond donors (Lipinski definition) is 1. The smallest absolute Gasteiger partial charge is 0.412 e. The largest absolute Gasteiger partial charge is 0.444 e. The first-order chi connectivity index (χ1) is 9.83. The normalized spacial score (nSPS) is 19.2. The van der Waals surface area contributed by atoms with E-state index in [-0.39, 0.29) is 0 Å². The van der Waals surface area contributed by atoms with Crippen LogP contribution in [0.5, 0.6) is 0 Å². The predicted molar refractivity (Wildman–Crippen MR) is 82.5 cm³/mol. The maximum Gasteiger partial charge on any atom is 0.412 e. The minimum Gasteiger partial charge on any atom is -0.444 e. The van der Waals surface area contributed by atoms with Crippen LogP contribution in [0.3, 0.4) is 0 Å². The molecule has 1 aromatic rings. The molecule has 1 atom stereocenters. The number of amides is 1. The highest BCUT2D eigenvalue weighted by Gasteiger charge is 2.21. The summed E-state index contributed by atoms with van der Waals surface area (Å²) < 4.78 is 5.21. The predicted octanol–water partition coefficient (Wildman–Crippen LogP) is 4.26. The monoisotopic (exact) mass is 289 g/mol. The molecule has 114 valence electrons. The van der Waals surface area contributed by atoms with Gasteiger partial charge in [0.05, 0.1) is 0 Å². The van der Waals surface area contributed by atoms with Gasteiger partial charge in [0, 0.05) is 18.5 Å². The van der Waals surface area contributed by atoms with E-state index in [2.05, 4.69) is 5.32 Å². The molecule has 21 heavy (non-hydrogen) atoms. The first kappa shape index (κ1) is 15.5. The number of carbonyl (C=O) groups is 2.